The van der Waals surface area contributed by atoms with Gasteiger partial charge in [0.2, 0.25) is 5.89 Å². The Hall–Kier alpha value is -4.09. The van der Waals surface area contributed by atoms with Crippen LogP contribution in [0.3, 0.4) is 0 Å². The minimum atomic E-state index is -3.09. The molecule has 1 heterocycles. The fourth-order valence-electron chi connectivity index (χ4n) is 2.53. The standard InChI is InChI=1S/C20H16F3N3O6/c1-11(17(28)24-14-4-2-3-5-15(14)31-19(22)23)30-16(27)10-26-20(29)32-18(25-26)12-6-8-13(21)9-7-12/h2-9,11,19H,10H2,1H3,(H,24,28). The minimum absolute atomic E-state index is 0.0441. The summed E-state index contributed by atoms with van der Waals surface area (Å²) in [5, 5.41) is 6.15. The van der Waals surface area contributed by atoms with Gasteiger partial charge in [0, 0.05) is 5.56 Å². The van der Waals surface area contributed by atoms with Gasteiger partial charge in [-0.2, -0.15) is 13.5 Å². The number of ether oxygens (including phenoxy) is 2. The molecule has 1 aromatic heterocycles. The molecule has 32 heavy (non-hydrogen) atoms. The molecule has 1 unspecified atom stereocenters. The molecule has 0 bridgehead atoms. The Kier molecular flexibility index (Phi) is 6.93. The number of rotatable bonds is 8. The molecule has 0 aliphatic rings. The Balaban J connectivity index is 1.61. The third-order valence-corrected chi connectivity index (χ3v) is 4.01. The first kappa shape index (κ1) is 22.6. The van der Waals surface area contributed by atoms with Gasteiger partial charge in [0.05, 0.1) is 5.69 Å². The zero-order valence-corrected chi connectivity index (χ0v) is 16.5. The summed E-state index contributed by atoms with van der Waals surface area (Å²) in [5.74, 6) is -3.65. The van der Waals surface area contributed by atoms with E-state index in [0.29, 0.717) is 10.2 Å². The summed E-state index contributed by atoms with van der Waals surface area (Å²) >= 11 is 0. The number of aromatic nitrogens is 2. The highest BCUT2D eigenvalue weighted by molar-refractivity contribution is 5.96. The Bertz CT molecular complexity index is 1160. The van der Waals surface area contributed by atoms with Crippen LogP contribution in [-0.4, -0.2) is 34.4 Å². The maximum Gasteiger partial charge on any atom is 0.437 e. The first-order chi connectivity index (χ1) is 15.2. The summed E-state index contributed by atoms with van der Waals surface area (Å²) in [4.78, 5) is 36.3. The van der Waals surface area contributed by atoms with E-state index in [2.05, 4.69) is 15.2 Å². The molecule has 0 aliphatic heterocycles. The molecular weight excluding hydrogens is 435 g/mol. The van der Waals surface area contributed by atoms with E-state index in [9.17, 15) is 27.6 Å². The summed E-state index contributed by atoms with van der Waals surface area (Å²) in [6, 6.07) is 10.5. The van der Waals surface area contributed by atoms with Crippen LogP contribution in [0.4, 0.5) is 18.9 Å². The van der Waals surface area contributed by atoms with Crippen LogP contribution in [0.2, 0.25) is 0 Å². The van der Waals surface area contributed by atoms with Gasteiger partial charge in [0.25, 0.3) is 5.91 Å². The van der Waals surface area contributed by atoms with Crippen molar-refractivity contribution < 1.29 is 36.7 Å². The highest BCUT2D eigenvalue weighted by Crippen LogP contribution is 2.25. The fourth-order valence-corrected chi connectivity index (χ4v) is 2.53. The molecule has 0 saturated heterocycles. The van der Waals surface area contributed by atoms with E-state index in [1.54, 1.807) is 0 Å². The SMILES string of the molecule is CC(OC(=O)Cn1nc(-c2ccc(F)cc2)oc1=O)C(=O)Nc1ccccc1OC(F)F. The number of para-hydroxylation sites is 2. The van der Waals surface area contributed by atoms with Gasteiger partial charge in [-0.3, -0.25) is 9.59 Å². The van der Waals surface area contributed by atoms with Crippen molar-refractivity contribution in [3.8, 4) is 17.2 Å². The maximum atomic E-state index is 13.0. The highest BCUT2D eigenvalue weighted by atomic mass is 19.3. The number of halogens is 3. The number of nitrogens with zero attached hydrogens (tertiary/aromatic N) is 2. The molecule has 168 valence electrons. The minimum Gasteiger partial charge on any atom is -0.451 e. The molecular formula is C20H16F3N3O6. The second-order valence-corrected chi connectivity index (χ2v) is 6.33. The third kappa shape index (κ3) is 5.74. The van der Waals surface area contributed by atoms with Crippen LogP contribution in [0.5, 0.6) is 5.75 Å². The van der Waals surface area contributed by atoms with Crippen molar-refractivity contribution >= 4 is 17.6 Å². The maximum absolute atomic E-state index is 13.0. The average Bonchev–Trinajstić information content (AvgIpc) is 3.09. The number of esters is 1. The number of amides is 1. The zero-order chi connectivity index (χ0) is 23.3. The number of hydrogen-bond acceptors (Lipinski definition) is 7. The van der Waals surface area contributed by atoms with Crippen LogP contribution >= 0.6 is 0 Å². The molecule has 0 fully saturated rings. The number of alkyl halides is 2. The van der Waals surface area contributed by atoms with Gasteiger partial charge in [0.1, 0.15) is 18.1 Å². The van der Waals surface area contributed by atoms with E-state index in [1.165, 1.54) is 43.3 Å². The van der Waals surface area contributed by atoms with Gasteiger partial charge >= 0.3 is 18.3 Å². The number of carbonyl (C=O) groups is 2. The molecule has 12 heteroatoms. The van der Waals surface area contributed by atoms with E-state index in [0.717, 1.165) is 12.1 Å². The lowest BCUT2D eigenvalue weighted by Crippen LogP contribution is -2.32. The lowest BCUT2D eigenvalue weighted by molar-refractivity contribution is -0.154. The van der Waals surface area contributed by atoms with Gasteiger partial charge in [0.15, 0.2) is 6.10 Å². The number of nitrogens with one attached hydrogen (secondary N) is 1. The van der Waals surface area contributed by atoms with Gasteiger partial charge in [-0.25, -0.2) is 9.18 Å². The Morgan fingerprint density at radius 3 is 2.53 bits per heavy atom. The average molecular weight is 451 g/mol. The highest BCUT2D eigenvalue weighted by Gasteiger charge is 2.21. The summed E-state index contributed by atoms with van der Waals surface area (Å²) < 4.78 is 52.8. The van der Waals surface area contributed by atoms with Crippen molar-refractivity contribution in [2.45, 2.75) is 26.2 Å². The molecule has 1 atom stereocenters. The van der Waals surface area contributed by atoms with Gasteiger partial charge < -0.3 is 19.2 Å². The van der Waals surface area contributed by atoms with Crippen LogP contribution in [-0.2, 0) is 20.9 Å². The summed E-state index contributed by atoms with van der Waals surface area (Å²) in [6.45, 7) is -2.50. The number of benzene rings is 2. The number of anilines is 1. The predicted molar refractivity (Wildman–Crippen MR) is 103 cm³/mol. The normalized spacial score (nSPS) is 11.8. The van der Waals surface area contributed by atoms with Crippen molar-refractivity contribution in [3.63, 3.8) is 0 Å². The quantitative estimate of drug-likeness (QED) is 0.524. The van der Waals surface area contributed by atoms with E-state index < -0.39 is 42.7 Å². The van der Waals surface area contributed by atoms with Crippen LogP contribution < -0.4 is 15.8 Å². The van der Waals surface area contributed by atoms with Crippen LogP contribution in [0, 0.1) is 5.82 Å². The van der Waals surface area contributed by atoms with Gasteiger partial charge in [-0.15, -0.1) is 5.10 Å². The first-order valence-corrected chi connectivity index (χ1v) is 9.11. The molecule has 9 nitrogen and oxygen atoms in total. The number of carbonyl (C=O) groups excluding carboxylic acids is 2. The molecule has 3 aromatic rings. The lowest BCUT2D eigenvalue weighted by atomic mass is 10.2. The Labute approximate surface area is 178 Å². The van der Waals surface area contributed by atoms with Crippen LogP contribution in [0.25, 0.3) is 11.5 Å². The molecule has 1 N–H and O–H groups in total. The van der Waals surface area contributed by atoms with Crippen molar-refractivity contribution in [1.29, 1.82) is 0 Å². The van der Waals surface area contributed by atoms with Gasteiger partial charge in [-0.1, -0.05) is 12.1 Å². The Morgan fingerprint density at radius 1 is 1.16 bits per heavy atom. The van der Waals surface area contributed by atoms with E-state index >= 15 is 0 Å². The van der Waals surface area contributed by atoms with Crippen LogP contribution in [0.1, 0.15) is 6.92 Å². The topological polar surface area (TPSA) is 113 Å². The largest absolute Gasteiger partial charge is 0.451 e. The van der Waals surface area contributed by atoms with Crippen molar-refractivity contribution in [3.05, 3.63) is 64.9 Å². The summed E-state index contributed by atoms with van der Waals surface area (Å²) in [5.41, 5.74) is 0.269. The number of hydrogen-bond donors (Lipinski definition) is 1. The first-order valence-electron chi connectivity index (χ1n) is 9.11. The molecule has 2 aromatic carbocycles. The van der Waals surface area contributed by atoms with E-state index in [1.807, 2.05) is 0 Å². The monoisotopic (exact) mass is 451 g/mol. The molecule has 0 saturated carbocycles. The lowest BCUT2D eigenvalue weighted by Gasteiger charge is -2.15. The summed E-state index contributed by atoms with van der Waals surface area (Å²) in [7, 11) is 0. The summed E-state index contributed by atoms with van der Waals surface area (Å²) in [6.07, 6.45) is -1.33. The van der Waals surface area contributed by atoms with Crippen molar-refractivity contribution in [1.82, 2.24) is 9.78 Å². The smallest absolute Gasteiger partial charge is 0.437 e. The molecule has 0 aliphatic carbocycles. The molecule has 0 spiro atoms. The van der Waals surface area contributed by atoms with Gasteiger partial charge in [-0.05, 0) is 43.3 Å². The molecule has 1 amide bonds. The Morgan fingerprint density at radius 2 is 1.84 bits per heavy atom. The zero-order valence-electron chi connectivity index (χ0n) is 16.5. The fraction of sp³-hybridized carbons (Fsp3) is 0.200. The predicted octanol–water partition coefficient (Wildman–Crippen LogP) is 2.81. The van der Waals surface area contributed by atoms with E-state index in [-0.39, 0.29) is 17.3 Å². The molecule has 0 radical (unpaired) electrons. The van der Waals surface area contributed by atoms with E-state index in [4.69, 9.17) is 9.15 Å². The van der Waals surface area contributed by atoms with Crippen molar-refractivity contribution in [2.75, 3.05) is 5.32 Å². The van der Waals surface area contributed by atoms with Crippen molar-refractivity contribution in [2.24, 2.45) is 0 Å². The van der Waals surface area contributed by atoms with Crippen LogP contribution in [0.15, 0.2) is 57.7 Å². The second kappa shape index (κ2) is 9.81. The second-order valence-electron chi connectivity index (χ2n) is 6.33. The third-order valence-electron chi connectivity index (χ3n) is 4.01. The molecule has 3 rings (SSSR count).